The van der Waals surface area contributed by atoms with Gasteiger partial charge in [-0.1, -0.05) is 12.8 Å². The van der Waals surface area contributed by atoms with Gasteiger partial charge in [0.25, 0.3) is 0 Å². The van der Waals surface area contributed by atoms with Crippen LogP contribution in [0, 0.1) is 0 Å². The summed E-state index contributed by atoms with van der Waals surface area (Å²) in [6, 6.07) is -0.235. The first-order chi connectivity index (χ1) is 9.32. The second kappa shape index (κ2) is 7.96. The number of likely N-dealkylation sites (tertiary alicyclic amines) is 1. The van der Waals surface area contributed by atoms with Crippen LogP contribution in [0.25, 0.3) is 0 Å². The zero-order chi connectivity index (χ0) is 15.2. The van der Waals surface area contributed by atoms with E-state index in [-0.39, 0.29) is 11.9 Å². The maximum absolute atomic E-state index is 12.4. The van der Waals surface area contributed by atoms with Crippen molar-refractivity contribution in [1.29, 1.82) is 0 Å². The third-order valence-electron chi connectivity index (χ3n) is 3.73. The van der Waals surface area contributed by atoms with E-state index in [0.29, 0.717) is 13.1 Å². The van der Waals surface area contributed by atoms with Crippen LogP contribution in [0.5, 0.6) is 0 Å². The molecule has 5 heteroatoms. The molecule has 118 valence electrons. The van der Waals surface area contributed by atoms with Crippen LogP contribution in [0.2, 0.25) is 0 Å². The lowest BCUT2D eigenvalue weighted by Crippen LogP contribution is -2.52. The normalized spacial score (nSPS) is 21.4. The molecule has 1 rings (SSSR count). The van der Waals surface area contributed by atoms with Crippen molar-refractivity contribution in [3.63, 3.8) is 0 Å². The Hall–Kier alpha value is -0.650. The number of nitrogens with one attached hydrogen (secondary N) is 1. The fourth-order valence-corrected chi connectivity index (χ4v) is 2.76. The highest BCUT2D eigenvalue weighted by molar-refractivity contribution is 5.81. The SMILES string of the molecule is CC(NCC(C)(O)CN(C)C)C(=O)N1CCCCCC1. The van der Waals surface area contributed by atoms with E-state index in [1.165, 1.54) is 12.8 Å². The minimum Gasteiger partial charge on any atom is -0.388 e. The van der Waals surface area contributed by atoms with E-state index < -0.39 is 5.60 Å². The summed E-state index contributed by atoms with van der Waals surface area (Å²) in [5.41, 5.74) is -0.823. The van der Waals surface area contributed by atoms with E-state index in [9.17, 15) is 9.90 Å². The second-order valence-electron chi connectivity index (χ2n) is 6.58. The van der Waals surface area contributed by atoms with E-state index in [0.717, 1.165) is 25.9 Å². The minimum absolute atomic E-state index is 0.160. The highest BCUT2D eigenvalue weighted by Gasteiger charge is 2.25. The Bertz CT molecular complexity index is 297. The molecule has 2 unspecified atom stereocenters. The summed E-state index contributed by atoms with van der Waals surface area (Å²) in [7, 11) is 3.86. The Labute approximate surface area is 123 Å². The van der Waals surface area contributed by atoms with Gasteiger partial charge in [-0.3, -0.25) is 4.79 Å². The summed E-state index contributed by atoms with van der Waals surface area (Å²) < 4.78 is 0. The molecule has 0 aromatic rings. The first kappa shape index (κ1) is 17.4. The van der Waals surface area contributed by atoms with Crippen LogP contribution >= 0.6 is 0 Å². The predicted octanol–water partition coefficient (Wildman–Crippen LogP) is 0.680. The number of amides is 1. The van der Waals surface area contributed by atoms with Crippen molar-refractivity contribution in [1.82, 2.24) is 15.1 Å². The fraction of sp³-hybridized carbons (Fsp3) is 0.933. The minimum atomic E-state index is -0.823. The second-order valence-corrected chi connectivity index (χ2v) is 6.58. The first-order valence-electron chi connectivity index (χ1n) is 7.71. The van der Waals surface area contributed by atoms with Gasteiger partial charge in [0, 0.05) is 26.2 Å². The van der Waals surface area contributed by atoms with Gasteiger partial charge < -0.3 is 20.2 Å². The molecule has 2 atom stereocenters. The Morgan fingerprint density at radius 2 is 1.85 bits per heavy atom. The Balaban J connectivity index is 2.40. The summed E-state index contributed by atoms with van der Waals surface area (Å²) in [4.78, 5) is 16.3. The average Bonchev–Trinajstić information content (AvgIpc) is 2.62. The quantitative estimate of drug-likeness (QED) is 0.753. The van der Waals surface area contributed by atoms with Crippen molar-refractivity contribution >= 4 is 5.91 Å². The molecule has 1 amide bonds. The summed E-state index contributed by atoms with van der Waals surface area (Å²) in [5.74, 6) is 0.160. The van der Waals surface area contributed by atoms with Gasteiger partial charge in [-0.2, -0.15) is 0 Å². The number of nitrogens with zero attached hydrogens (tertiary/aromatic N) is 2. The molecule has 1 heterocycles. The molecular formula is C15H31N3O2. The third kappa shape index (κ3) is 6.20. The van der Waals surface area contributed by atoms with Crippen molar-refractivity contribution in [3.8, 4) is 0 Å². The van der Waals surface area contributed by atoms with E-state index in [4.69, 9.17) is 0 Å². The van der Waals surface area contributed by atoms with Crippen LogP contribution in [0.15, 0.2) is 0 Å². The molecule has 1 aliphatic rings. The number of likely N-dealkylation sites (N-methyl/N-ethyl adjacent to an activating group) is 1. The van der Waals surface area contributed by atoms with Gasteiger partial charge in [0.2, 0.25) is 5.91 Å². The molecule has 0 radical (unpaired) electrons. The van der Waals surface area contributed by atoms with Gasteiger partial charge in [0.15, 0.2) is 0 Å². The standard InChI is InChI=1S/C15H31N3O2/c1-13(16-11-15(2,20)12-17(3)4)14(19)18-9-7-5-6-8-10-18/h13,16,20H,5-12H2,1-4H3. The smallest absolute Gasteiger partial charge is 0.239 e. The Kier molecular flexibility index (Phi) is 6.92. The van der Waals surface area contributed by atoms with Gasteiger partial charge in [-0.25, -0.2) is 0 Å². The molecule has 2 N–H and O–H groups in total. The van der Waals surface area contributed by atoms with Crippen molar-refractivity contribution in [2.24, 2.45) is 0 Å². The first-order valence-corrected chi connectivity index (χ1v) is 7.71. The number of aliphatic hydroxyl groups is 1. The molecule has 0 saturated carbocycles. The highest BCUT2D eigenvalue weighted by atomic mass is 16.3. The highest BCUT2D eigenvalue weighted by Crippen LogP contribution is 2.11. The number of carbonyl (C=O) groups excluding carboxylic acids is 1. The lowest BCUT2D eigenvalue weighted by molar-refractivity contribution is -0.133. The largest absolute Gasteiger partial charge is 0.388 e. The summed E-state index contributed by atoms with van der Waals surface area (Å²) in [5, 5.41) is 13.4. The van der Waals surface area contributed by atoms with Crippen LogP contribution in [0.4, 0.5) is 0 Å². The summed E-state index contributed by atoms with van der Waals surface area (Å²) >= 11 is 0. The van der Waals surface area contributed by atoms with Crippen LogP contribution in [0.1, 0.15) is 39.5 Å². The fourth-order valence-electron chi connectivity index (χ4n) is 2.76. The molecule has 0 aliphatic carbocycles. The molecule has 0 spiro atoms. The predicted molar refractivity (Wildman–Crippen MR) is 81.7 cm³/mol. The molecular weight excluding hydrogens is 254 g/mol. The lowest BCUT2D eigenvalue weighted by atomic mass is 10.1. The molecule has 0 bridgehead atoms. The average molecular weight is 285 g/mol. The molecule has 1 aliphatic heterocycles. The molecule has 5 nitrogen and oxygen atoms in total. The summed E-state index contributed by atoms with van der Waals surface area (Å²) in [6.45, 7) is 6.43. The molecule has 0 aromatic carbocycles. The van der Waals surface area contributed by atoms with Gasteiger partial charge in [0.05, 0.1) is 11.6 Å². The van der Waals surface area contributed by atoms with Crippen molar-refractivity contribution < 1.29 is 9.90 Å². The lowest BCUT2D eigenvalue weighted by Gasteiger charge is -2.30. The monoisotopic (exact) mass is 285 g/mol. The van der Waals surface area contributed by atoms with E-state index in [2.05, 4.69) is 5.32 Å². The van der Waals surface area contributed by atoms with E-state index in [1.54, 1.807) is 6.92 Å². The van der Waals surface area contributed by atoms with Gasteiger partial charge >= 0.3 is 0 Å². The van der Waals surface area contributed by atoms with Crippen LogP contribution in [-0.4, -0.2) is 72.7 Å². The molecule has 0 aromatic heterocycles. The molecule has 1 saturated heterocycles. The van der Waals surface area contributed by atoms with Crippen molar-refractivity contribution in [2.75, 3.05) is 40.3 Å². The van der Waals surface area contributed by atoms with Crippen LogP contribution < -0.4 is 5.32 Å². The van der Waals surface area contributed by atoms with E-state index >= 15 is 0 Å². The van der Waals surface area contributed by atoms with Crippen molar-refractivity contribution in [3.05, 3.63) is 0 Å². The third-order valence-corrected chi connectivity index (χ3v) is 3.73. The van der Waals surface area contributed by atoms with Crippen LogP contribution in [-0.2, 0) is 4.79 Å². The Morgan fingerprint density at radius 1 is 1.30 bits per heavy atom. The molecule has 20 heavy (non-hydrogen) atoms. The van der Waals surface area contributed by atoms with Crippen LogP contribution in [0.3, 0.4) is 0 Å². The number of hydrogen-bond donors (Lipinski definition) is 2. The number of rotatable bonds is 6. The van der Waals surface area contributed by atoms with Gasteiger partial charge in [0.1, 0.15) is 0 Å². The van der Waals surface area contributed by atoms with Gasteiger partial charge in [-0.15, -0.1) is 0 Å². The van der Waals surface area contributed by atoms with E-state index in [1.807, 2.05) is 30.8 Å². The zero-order valence-electron chi connectivity index (χ0n) is 13.5. The maximum atomic E-state index is 12.4. The topological polar surface area (TPSA) is 55.8 Å². The maximum Gasteiger partial charge on any atom is 0.239 e. The number of carbonyl (C=O) groups is 1. The zero-order valence-corrected chi connectivity index (χ0v) is 13.5. The van der Waals surface area contributed by atoms with Gasteiger partial charge in [-0.05, 0) is 40.8 Å². The number of hydrogen-bond acceptors (Lipinski definition) is 4. The Morgan fingerprint density at radius 3 is 2.35 bits per heavy atom. The molecule has 1 fully saturated rings. The van der Waals surface area contributed by atoms with Crippen molar-refractivity contribution in [2.45, 2.75) is 51.2 Å². The summed E-state index contributed by atoms with van der Waals surface area (Å²) in [6.07, 6.45) is 4.67.